The van der Waals surface area contributed by atoms with Crippen LogP contribution in [-0.2, 0) is 81.5 Å². The Bertz CT molecular complexity index is 4740. The molecule has 2 aromatic heterocycles. The van der Waals surface area contributed by atoms with Gasteiger partial charge in [0.05, 0.1) is 81.8 Å². The average Bonchev–Trinajstić information content (AvgIpc) is 0.856. The minimum absolute atomic E-state index is 0.00565. The molecule has 0 saturated carbocycles. The molecular weight excluding hydrogens is 1920 g/mol. The van der Waals surface area contributed by atoms with Crippen molar-refractivity contribution in [2.45, 2.75) is 301 Å². The molecule has 0 radical (unpaired) electrons. The molecule has 5 rings (SSSR count). The van der Waals surface area contributed by atoms with Gasteiger partial charge in [-0.25, -0.2) is 0 Å². The second-order valence-corrected chi connectivity index (χ2v) is 39.2. The molecule has 0 unspecified atom stereocenters. The minimum Gasteiger partial charge on any atom is -0.461 e. The second kappa shape index (κ2) is 62.5. The number of alkyl halides is 16. The van der Waals surface area contributed by atoms with Gasteiger partial charge in [0.25, 0.3) is 0 Å². The number of ketones is 22. The van der Waals surface area contributed by atoms with E-state index in [0.29, 0.717) is 29.0 Å². The SMILES string of the molecule is CC(=O)CC(=O)C(C)(C)C.CC(=O)CC(=O)C(C)C.CC(=O)CC(=O)CC(C)C.CC(=O)CC(C)=O.CC(C)(C)C(=O)CC(=O)C(C)(C)C.CC(C)(C)C(=O)CC(=O)C(F)(F)C(F)(F)C(F)(F)F.CC(C)(C)C(=O)CC(=O)C(F)(F)F.CC(C)(C)C(=O)CC(=O)c1ccccc1.O=C(CC(=O)C(F)(F)F)c1ccco1.O=C(CC(=O)C(F)(F)F)c1cccs1.O=C(CC(=O)c1ccccc1)c1ccccc1. The van der Waals surface area contributed by atoms with E-state index in [1.54, 1.807) is 92.0 Å². The number of thiophene rings is 1. The highest BCUT2D eigenvalue weighted by Gasteiger charge is 2.76. The Morgan fingerprint density at radius 1 is 0.277 bits per heavy atom. The molecule has 788 valence electrons. The summed E-state index contributed by atoms with van der Waals surface area (Å²) in [5.74, 6) is -25.3. The normalized spacial score (nSPS) is 11.5. The lowest BCUT2D eigenvalue weighted by molar-refractivity contribution is -0.343. The average molecular weight is 2050 g/mol. The van der Waals surface area contributed by atoms with Crippen molar-refractivity contribution >= 4 is 139 Å². The molecule has 40 heteroatoms. The predicted octanol–water partition coefficient (Wildman–Crippen LogP) is 23.5. The van der Waals surface area contributed by atoms with E-state index in [4.69, 9.17) is 0 Å². The highest BCUT2D eigenvalue weighted by molar-refractivity contribution is 7.12. The summed E-state index contributed by atoms with van der Waals surface area (Å²) in [6.07, 6.45) is -24.4. The number of Topliss-reactive ketones (excluding diaryl/α,β-unsaturated/α-hetero) is 22. The number of halogens is 16. The highest BCUT2D eigenvalue weighted by atomic mass is 32.1. The summed E-state index contributed by atoms with van der Waals surface area (Å²) in [4.78, 5) is 240. The number of rotatable bonds is 32. The fourth-order valence-corrected chi connectivity index (χ4v) is 9.10. The lowest BCUT2D eigenvalue weighted by atomic mass is 9.82. The van der Waals surface area contributed by atoms with Crippen molar-refractivity contribution in [3.05, 3.63) is 154 Å². The number of carbonyl (C=O) groups is 22. The van der Waals surface area contributed by atoms with Crippen LogP contribution in [0.25, 0.3) is 0 Å². The van der Waals surface area contributed by atoms with Crippen LogP contribution in [0.2, 0.25) is 0 Å². The maximum atomic E-state index is 12.9. The van der Waals surface area contributed by atoms with Crippen LogP contribution in [0.4, 0.5) is 70.2 Å². The van der Waals surface area contributed by atoms with E-state index < -0.39 is 136 Å². The van der Waals surface area contributed by atoms with E-state index in [1.807, 2.05) is 115 Å². The third-order valence-electron chi connectivity index (χ3n) is 17.3. The minimum atomic E-state index is -6.59. The summed E-state index contributed by atoms with van der Waals surface area (Å²) in [5.41, 5.74) is -2.05. The zero-order valence-electron chi connectivity index (χ0n) is 84.1. The zero-order valence-corrected chi connectivity index (χ0v) is 84.9. The second-order valence-electron chi connectivity index (χ2n) is 38.3. The van der Waals surface area contributed by atoms with Gasteiger partial charge >= 0.3 is 36.6 Å². The van der Waals surface area contributed by atoms with Crippen LogP contribution in [0.1, 0.15) is 315 Å². The number of carbonyl (C=O) groups excluding carboxylic acids is 22. The molecule has 0 fully saturated rings. The van der Waals surface area contributed by atoms with E-state index >= 15 is 0 Å². The van der Waals surface area contributed by atoms with Gasteiger partial charge in [-0.1, -0.05) is 249 Å². The number of benzene rings is 3. The summed E-state index contributed by atoms with van der Waals surface area (Å²) in [5, 5.41) is 1.56. The number of hydrogen-bond donors (Lipinski definition) is 0. The predicted molar refractivity (Wildman–Crippen MR) is 493 cm³/mol. The number of hydrogen-bond acceptors (Lipinski definition) is 24. The van der Waals surface area contributed by atoms with Crippen LogP contribution in [0, 0.1) is 44.3 Å². The molecular formula is C101H128F16O23S. The van der Waals surface area contributed by atoms with Crippen molar-refractivity contribution in [2.75, 3.05) is 0 Å². The summed E-state index contributed by atoms with van der Waals surface area (Å²) < 4.78 is 196. The summed E-state index contributed by atoms with van der Waals surface area (Å²) in [6.45, 7) is 44.7. The smallest absolute Gasteiger partial charge is 0.460 e. The molecule has 0 aliphatic carbocycles. The maximum Gasteiger partial charge on any atom is 0.460 e. The Morgan fingerprint density at radius 2 is 0.546 bits per heavy atom. The van der Waals surface area contributed by atoms with Crippen molar-refractivity contribution < 1.29 is 180 Å². The molecule has 0 aliphatic rings. The molecule has 0 spiro atoms. The van der Waals surface area contributed by atoms with Crippen molar-refractivity contribution in [3.63, 3.8) is 0 Å². The van der Waals surface area contributed by atoms with Crippen molar-refractivity contribution in [1.29, 1.82) is 0 Å². The third-order valence-corrected chi connectivity index (χ3v) is 18.2. The Balaban J connectivity index is -0.000000359. The zero-order chi connectivity index (χ0) is 112. The van der Waals surface area contributed by atoms with Gasteiger partial charge < -0.3 is 4.42 Å². The lowest BCUT2D eigenvalue weighted by Gasteiger charge is -2.27. The molecule has 141 heavy (non-hydrogen) atoms. The molecule has 2 heterocycles. The van der Waals surface area contributed by atoms with Crippen LogP contribution in [0.5, 0.6) is 0 Å². The molecule has 3 aromatic carbocycles. The topological polar surface area (TPSA) is 389 Å². The summed E-state index contributed by atoms with van der Waals surface area (Å²) in [7, 11) is 0. The van der Waals surface area contributed by atoms with Crippen LogP contribution in [-0.4, -0.2) is 164 Å². The highest BCUT2D eigenvalue weighted by Crippen LogP contribution is 2.48. The Kier molecular flexibility index (Phi) is 62.1. The molecule has 0 bridgehead atoms. The first-order valence-corrected chi connectivity index (χ1v) is 43.8. The van der Waals surface area contributed by atoms with Crippen LogP contribution >= 0.6 is 11.3 Å². The largest absolute Gasteiger partial charge is 0.461 e. The molecule has 0 amide bonds. The van der Waals surface area contributed by atoms with Crippen molar-refractivity contribution in [2.24, 2.45) is 44.3 Å². The molecule has 0 atom stereocenters. The van der Waals surface area contributed by atoms with Crippen LogP contribution < -0.4 is 0 Å². The standard InChI is InChI=1S/C15H12O2.C13H16O2.C11H20O2.C10H11F7O2.C8H5F3O3.C8H5F3O2S.C8H11F3O2.2C8H14O2.C7H12O2.C5H8O2/c16-14(12-7-3-1-4-8-12)11-15(17)13-9-5-2-6-10-13;1-13(2,3)12(15)9-11(14)10-7-5-4-6-8-10;1-10(2,3)8(12)7-9(13)11(4,5)6;1-7(2,3)5(18)4-6(19)8(11,12)9(13,14)10(15,16)17;2*9-8(10,11)7(13)4-5(12)6-2-1-3-14-6;1-7(2,3)5(12)4-6(13)8(9,10)11;1-6(9)5-7(10)8(2,3)4;1-6(2)4-8(10)5-7(3)9;1-5(2)7(9)4-6(3)8;1-4(6)3-5(2)7/h1-10H,11H2;4-8H,9H2,1-3H3;7H2,1-6H3;4H2,1-3H3;2*1-3H,4H2;4H2,1-3H3;5H2,1-4H3;6H,4-5H2,1-3H3;5H,4H2,1-3H3;3H2,1-2H3. The molecule has 0 aliphatic heterocycles. The van der Waals surface area contributed by atoms with E-state index in [2.05, 4.69) is 4.42 Å². The fraction of sp³-hybridized carbons (Fsp3) is 0.525. The first-order valence-electron chi connectivity index (χ1n) is 42.9. The Hall–Kier alpha value is -11.7. The molecule has 0 N–H and O–H groups in total. The van der Waals surface area contributed by atoms with E-state index in [1.165, 1.54) is 100 Å². The molecule has 23 nitrogen and oxygen atoms in total. The van der Waals surface area contributed by atoms with Gasteiger partial charge in [-0.2, -0.15) is 70.2 Å². The number of furan rings is 1. The Labute approximate surface area is 814 Å². The van der Waals surface area contributed by atoms with Crippen LogP contribution in [0.15, 0.2) is 131 Å². The molecule has 5 aromatic rings. The van der Waals surface area contributed by atoms with Gasteiger partial charge in [-0.3, -0.25) is 105 Å². The third kappa shape index (κ3) is 65.8. The Morgan fingerprint density at radius 3 is 0.780 bits per heavy atom. The monoisotopic (exact) mass is 2040 g/mol. The van der Waals surface area contributed by atoms with E-state index in [-0.39, 0.29) is 148 Å². The van der Waals surface area contributed by atoms with Gasteiger partial charge in [0.2, 0.25) is 28.9 Å². The van der Waals surface area contributed by atoms with Gasteiger partial charge in [-0.15, -0.1) is 11.3 Å². The van der Waals surface area contributed by atoms with Gasteiger partial charge in [0.15, 0.2) is 28.9 Å². The van der Waals surface area contributed by atoms with Gasteiger partial charge in [-0.05, 0) is 64.1 Å². The quantitative estimate of drug-likeness (QED) is 0.0219. The molecule has 0 saturated heterocycles. The van der Waals surface area contributed by atoms with Gasteiger partial charge in [0, 0.05) is 61.5 Å². The van der Waals surface area contributed by atoms with Crippen molar-refractivity contribution in [1.82, 2.24) is 0 Å². The summed E-state index contributed by atoms with van der Waals surface area (Å²) in [6, 6.07) is 32.1. The maximum absolute atomic E-state index is 12.9. The fourth-order valence-electron chi connectivity index (χ4n) is 8.43. The van der Waals surface area contributed by atoms with E-state index in [0.717, 1.165) is 17.6 Å². The van der Waals surface area contributed by atoms with Crippen LogP contribution in [0.3, 0.4) is 0 Å². The first-order chi connectivity index (χ1) is 63.2. The van der Waals surface area contributed by atoms with Crippen molar-refractivity contribution in [3.8, 4) is 0 Å². The van der Waals surface area contributed by atoms with E-state index in [9.17, 15) is 176 Å². The summed E-state index contributed by atoms with van der Waals surface area (Å²) >= 11 is 1.01. The lowest BCUT2D eigenvalue weighted by Crippen LogP contribution is -2.56. The van der Waals surface area contributed by atoms with Gasteiger partial charge in [0.1, 0.15) is 75.2 Å². The first kappa shape index (κ1) is 140.